The van der Waals surface area contributed by atoms with Gasteiger partial charge in [0, 0.05) is 29.9 Å². The smallest absolute Gasteiger partial charge is 0.338 e. The molecule has 2 saturated carbocycles. The Bertz CT molecular complexity index is 1190. The summed E-state index contributed by atoms with van der Waals surface area (Å²) < 4.78 is 18.0. The lowest BCUT2D eigenvalue weighted by Gasteiger charge is -2.51. The van der Waals surface area contributed by atoms with Gasteiger partial charge in [-0.25, -0.2) is 9.59 Å². The van der Waals surface area contributed by atoms with Crippen LogP contribution in [0.1, 0.15) is 79.6 Å². The highest BCUT2D eigenvalue weighted by atomic mass is 16.6. The standard InChI is InChI=1S/C30H38O7/c1-26(2)21-7-6-18-23(24-30(21,37-24)11-9-22(32)36-26)19(31)14-28(4)17(8-10-27(18,28)3)16-12-15-13-20(16)35-25(33)29(15,5)34/h9,11,15-17,20-21,24,34H,6-8,10,12-14H2,1-5H3/t15-,16+,17-,20+,21+,24+,27+,28-,29-,30-/m1/s1. The number of ketones is 1. The van der Waals surface area contributed by atoms with E-state index in [1.807, 2.05) is 19.9 Å². The van der Waals surface area contributed by atoms with Gasteiger partial charge < -0.3 is 19.3 Å². The Kier molecular flexibility index (Phi) is 4.52. The van der Waals surface area contributed by atoms with Gasteiger partial charge in [0.05, 0.1) is 0 Å². The van der Waals surface area contributed by atoms with Crippen LogP contribution in [0.2, 0.25) is 0 Å². The van der Waals surface area contributed by atoms with Crippen molar-refractivity contribution in [3.8, 4) is 0 Å². The largest absolute Gasteiger partial charge is 0.460 e. The Hall–Kier alpha value is -1.99. The van der Waals surface area contributed by atoms with Crippen molar-refractivity contribution in [1.29, 1.82) is 0 Å². The van der Waals surface area contributed by atoms with Gasteiger partial charge in [0.2, 0.25) is 0 Å². The molecule has 37 heavy (non-hydrogen) atoms. The molecule has 4 fully saturated rings. The number of aliphatic hydroxyl groups is 1. The normalized spacial score (nSPS) is 53.3. The molecule has 0 aromatic rings. The number of Topliss-reactive ketones (excluding diaryl/α,β-unsaturated/α-hetero) is 1. The van der Waals surface area contributed by atoms with Crippen LogP contribution in [0.5, 0.6) is 0 Å². The lowest BCUT2D eigenvalue weighted by molar-refractivity contribution is -0.184. The molecule has 2 bridgehead atoms. The SMILES string of the molecule is CC1(C)OC(=O)C=C[C@]23O[C@H]2C2=C(CC[C@@H]13)[C@]1(C)CC[C@H]([C@@H]3C[C@@H]4C[C@@H]3OC(=O)[C@]4(C)O)[C@@]1(C)CC2=O. The average molecular weight is 511 g/mol. The molecule has 0 aromatic carbocycles. The summed E-state index contributed by atoms with van der Waals surface area (Å²) >= 11 is 0. The zero-order chi connectivity index (χ0) is 26.3. The Morgan fingerprint density at radius 3 is 2.54 bits per heavy atom. The maximum absolute atomic E-state index is 14.0. The predicted molar refractivity (Wildman–Crippen MR) is 132 cm³/mol. The summed E-state index contributed by atoms with van der Waals surface area (Å²) in [7, 11) is 0. The topological polar surface area (TPSA) is 102 Å². The van der Waals surface area contributed by atoms with Crippen LogP contribution < -0.4 is 0 Å². The minimum atomic E-state index is -1.43. The van der Waals surface area contributed by atoms with Crippen molar-refractivity contribution in [2.24, 2.45) is 34.5 Å². The first kappa shape index (κ1) is 24.1. The van der Waals surface area contributed by atoms with E-state index in [0.717, 1.165) is 37.7 Å². The van der Waals surface area contributed by atoms with Crippen LogP contribution in [-0.4, -0.2) is 51.8 Å². The van der Waals surface area contributed by atoms with E-state index in [9.17, 15) is 19.5 Å². The summed E-state index contributed by atoms with van der Waals surface area (Å²) in [4.78, 5) is 38.9. The molecule has 1 spiro atoms. The maximum atomic E-state index is 14.0. The number of carbonyl (C=O) groups excluding carboxylic acids is 3. The lowest BCUT2D eigenvalue weighted by Crippen LogP contribution is -2.49. The lowest BCUT2D eigenvalue weighted by atomic mass is 9.52. The number of hydrogen-bond acceptors (Lipinski definition) is 7. The highest BCUT2D eigenvalue weighted by Crippen LogP contribution is 2.71. The molecular formula is C30H38O7. The molecule has 200 valence electrons. The van der Waals surface area contributed by atoms with Gasteiger partial charge in [0.1, 0.15) is 23.4 Å². The minimum absolute atomic E-state index is 0.0334. The van der Waals surface area contributed by atoms with Crippen molar-refractivity contribution in [2.75, 3.05) is 0 Å². The molecule has 7 heteroatoms. The monoisotopic (exact) mass is 510 g/mol. The maximum Gasteiger partial charge on any atom is 0.338 e. The molecule has 7 nitrogen and oxygen atoms in total. The number of hydrogen-bond donors (Lipinski definition) is 1. The van der Waals surface area contributed by atoms with Crippen LogP contribution in [-0.2, 0) is 28.6 Å². The van der Waals surface area contributed by atoms with E-state index in [2.05, 4.69) is 13.8 Å². The third-order valence-electron chi connectivity index (χ3n) is 12.2. The molecule has 10 atom stereocenters. The first-order valence-electron chi connectivity index (χ1n) is 14.0. The van der Waals surface area contributed by atoms with E-state index in [1.165, 1.54) is 11.6 Å². The number of rotatable bonds is 1. The third kappa shape index (κ3) is 2.83. The van der Waals surface area contributed by atoms with Gasteiger partial charge in [-0.1, -0.05) is 19.4 Å². The molecule has 0 aromatic heterocycles. The van der Waals surface area contributed by atoms with Crippen LogP contribution in [0.4, 0.5) is 0 Å². The van der Waals surface area contributed by atoms with Crippen LogP contribution >= 0.6 is 0 Å². The fraction of sp³-hybridized carbons (Fsp3) is 0.767. The molecule has 7 aliphatic rings. The van der Waals surface area contributed by atoms with Gasteiger partial charge in [0.25, 0.3) is 0 Å². The van der Waals surface area contributed by atoms with Gasteiger partial charge in [-0.3, -0.25) is 4.79 Å². The zero-order valence-electron chi connectivity index (χ0n) is 22.5. The molecule has 0 radical (unpaired) electrons. The first-order chi connectivity index (χ1) is 17.2. The Morgan fingerprint density at radius 2 is 1.78 bits per heavy atom. The van der Waals surface area contributed by atoms with E-state index in [-0.39, 0.29) is 58.5 Å². The molecule has 3 aliphatic heterocycles. The average Bonchev–Trinajstić information content (AvgIpc) is 3.33. The third-order valence-corrected chi connectivity index (χ3v) is 12.2. The Labute approximate surface area is 218 Å². The van der Waals surface area contributed by atoms with Crippen molar-refractivity contribution in [2.45, 2.75) is 109 Å². The Morgan fingerprint density at radius 1 is 1.03 bits per heavy atom. The number of carbonyl (C=O) groups is 3. The van der Waals surface area contributed by atoms with Crippen molar-refractivity contribution in [3.05, 3.63) is 23.3 Å². The molecule has 2 saturated heterocycles. The summed E-state index contributed by atoms with van der Waals surface area (Å²) in [6, 6.07) is 0. The van der Waals surface area contributed by atoms with Crippen LogP contribution in [0.3, 0.4) is 0 Å². The number of cyclic esters (lactones) is 1. The van der Waals surface area contributed by atoms with Gasteiger partial charge in [-0.2, -0.15) is 0 Å². The highest BCUT2D eigenvalue weighted by molar-refractivity contribution is 6.00. The van der Waals surface area contributed by atoms with E-state index in [4.69, 9.17) is 14.2 Å². The van der Waals surface area contributed by atoms with Crippen molar-refractivity contribution in [1.82, 2.24) is 0 Å². The molecule has 1 N–H and O–H groups in total. The fourth-order valence-electron chi connectivity index (χ4n) is 9.98. The first-order valence-corrected chi connectivity index (χ1v) is 14.0. The van der Waals surface area contributed by atoms with Gasteiger partial charge in [-0.15, -0.1) is 0 Å². The zero-order valence-corrected chi connectivity index (χ0v) is 22.5. The number of allylic oxidation sites excluding steroid dienone is 1. The summed E-state index contributed by atoms with van der Waals surface area (Å²) in [6.07, 6.45) is 8.30. The molecule has 7 rings (SSSR count). The number of esters is 2. The fourth-order valence-corrected chi connectivity index (χ4v) is 9.98. The second-order valence-corrected chi connectivity index (χ2v) is 14.1. The number of ether oxygens (including phenoxy) is 3. The molecular weight excluding hydrogens is 472 g/mol. The second-order valence-electron chi connectivity index (χ2n) is 14.1. The van der Waals surface area contributed by atoms with Crippen LogP contribution in [0.25, 0.3) is 0 Å². The Balaban J connectivity index is 1.27. The summed E-state index contributed by atoms with van der Waals surface area (Å²) in [5, 5.41) is 10.8. The number of fused-ring (bicyclic) bond motifs is 5. The predicted octanol–water partition coefficient (Wildman–Crippen LogP) is 3.82. The quantitative estimate of drug-likeness (QED) is 0.423. The van der Waals surface area contributed by atoms with E-state index < -0.39 is 22.8 Å². The van der Waals surface area contributed by atoms with Crippen LogP contribution in [0, 0.1) is 34.5 Å². The molecule has 4 aliphatic carbocycles. The van der Waals surface area contributed by atoms with Crippen molar-refractivity contribution < 1.29 is 33.7 Å². The second kappa shape index (κ2) is 6.95. The van der Waals surface area contributed by atoms with Gasteiger partial charge in [0.15, 0.2) is 11.4 Å². The number of epoxide rings is 1. The van der Waals surface area contributed by atoms with Crippen molar-refractivity contribution in [3.63, 3.8) is 0 Å². The van der Waals surface area contributed by atoms with Gasteiger partial charge >= 0.3 is 11.9 Å². The van der Waals surface area contributed by atoms with E-state index in [1.54, 1.807) is 6.92 Å². The summed E-state index contributed by atoms with van der Waals surface area (Å²) in [5.74, 6) is -0.411. The van der Waals surface area contributed by atoms with E-state index in [0.29, 0.717) is 12.8 Å². The minimum Gasteiger partial charge on any atom is -0.460 e. The molecule has 0 unspecified atom stereocenters. The molecule has 3 heterocycles. The highest BCUT2D eigenvalue weighted by Gasteiger charge is 2.72. The van der Waals surface area contributed by atoms with E-state index >= 15 is 0 Å². The summed E-state index contributed by atoms with van der Waals surface area (Å²) in [6.45, 7) is 10.1. The van der Waals surface area contributed by atoms with Crippen LogP contribution in [0.15, 0.2) is 23.3 Å². The molecule has 0 amide bonds. The van der Waals surface area contributed by atoms with Gasteiger partial charge in [-0.05, 0) is 88.0 Å². The van der Waals surface area contributed by atoms with Crippen molar-refractivity contribution >= 4 is 17.7 Å². The summed E-state index contributed by atoms with van der Waals surface area (Å²) in [5.41, 5.74) is -1.11.